The number of carbonyl (C=O) groups is 1. The number of carbonyl (C=O) groups excluding carboxylic acids is 1. The summed E-state index contributed by atoms with van der Waals surface area (Å²) in [6.07, 6.45) is 1.02. The van der Waals surface area contributed by atoms with Crippen LogP contribution in [0, 0.1) is 0 Å². The van der Waals surface area contributed by atoms with E-state index in [0.29, 0.717) is 5.56 Å². The van der Waals surface area contributed by atoms with Crippen LogP contribution in [-0.2, 0) is 31.2 Å². The van der Waals surface area contributed by atoms with Crippen molar-refractivity contribution in [2.75, 3.05) is 6.26 Å². The maximum absolute atomic E-state index is 13.0. The quantitative estimate of drug-likeness (QED) is 0.515. The molecule has 0 fully saturated rings. The van der Waals surface area contributed by atoms with E-state index in [9.17, 15) is 21.6 Å². The Morgan fingerprint density at radius 3 is 2.19 bits per heavy atom. The van der Waals surface area contributed by atoms with E-state index < -0.39 is 31.8 Å². The summed E-state index contributed by atoms with van der Waals surface area (Å²) in [4.78, 5) is 11.6. The fourth-order valence-corrected chi connectivity index (χ4v) is 5.08. The van der Waals surface area contributed by atoms with E-state index in [0.717, 1.165) is 10.6 Å². The molecule has 0 radical (unpaired) electrons. The molecule has 1 unspecified atom stereocenters. The first-order valence-electron chi connectivity index (χ1n) is 7.34. The van der Waals surface area contributed by atoms with Crippen molar-refractivity contribution in [3.8, 4) is 0 Å². The predicted molar refractivity (Wildman–Crippen MR) is 96.0 cm³/mol. The van der Waals surface area contributed by atoms with Crippen LogP contribution in [0.3, 0.4) is 0 Å². The fourth-order valence-electron chi connectivity index (χ4n) is 2.21. The van der Waals surface area contributed by atoms with Gasteiger partial charge in [-0.3, -0.25) is 10.0 Å². The van der Waals surface area contributed by atoms with Crippen LogP contribution >= 0.6 is 11.3 Å². The standard InChI is InChI=1S/C15H18N2O6S3/c1-11(15(18)16-19)17(9-12-7-8-24-10-12)26(22,23)14-5-3-13(4-6-14)25(2,20)21/h3-8,10-11,19H,9H2,1-2H3,(H,16,18). The second-order valence-corrected chi connectivity index (χ2v) is 10.3. The molecule has 0 aliphatic rings. The van der Waals surface area contributed by atoms with Crippen LogP contribution in [0.4, 0.5) is 0 Å². The Kier molecular flexibility index (Phi) is 6.19. The third-order valence-corrected chi connectivity index (χ3v) is 7.49. The van der Waals surface area contributed by atoms with Gasteiger partial charge in [0.25, 0.3) is 5.91 Å². The number of nitrogens with zero attached hydrogens (tertiary/aromatic N) is 1. The van der Waals surface area contributed by atoms with Gasteiger partial charge in [-0.1, -0.05) is 0 Å². The summed E-state index contributed by atoms with van der Waals surface area (Å²) in [6.45, 7) is 1.27. The monoisotopic (exact) mass is 418 g/mol. The van der Waals surface area contributed by atoms with E-state index >= 15 is 0 Å². The maximum Gasteiger partial charge on any atom is 0.261 e. The number of hydrogen-bond acceptors (Lipinski definition) is 7. The minimum Gasteiger partial charge on any atom is -0.289 e. The summed E-state index contributed by atoms with van der Waals surface area (Å²) >= 11 is 1.38. The highest BCUT2D eigenvalue weighted by atomic mass is 32.2. The van der Waals surface area contributed by atoms with Crippen molar-refractivity contribution in [1.29, 1.82) is 0 Å². The van der Waals surface area contributed by atoms with E-state index in [2.05, 4.69) is 0 Å². The first-order chi connectivity index (χ1) is 12.1. The SMILES string of the molecule is CC(C(=O)NO)N(Cc1ccsc1)S(=O)(=O)c1ccc(S(C)(=O)=O)cc1. The second-order valence-electron chi connectivity index (χ2n) is 5.58. The van der Waals surface area contributed by atoms with Crippen molar-refractivity contribution in [2.24, 2.45) is 0 Å². The number of hydrogen-bond donors (Lipinski definition) is 2. The Morgan fingerprint density at radius 1 is 1.15 bits per heavy atom. The van der Waals surface area contributed by atoms with Gasteiger partial charge in [0.1, 0.15) is 6.04 Å². The predicted octanol–water partition coefficient (Wildman–Crippen LogP) is 1.24. The third-order valence-electron chi connectivity index (χ3n) is 3.70. The van der Waals surface area contributed by atoms with Crippen molar-refractivity contribution in [2.45, 2.75) is 29.3 Å². The average molecular weight is 419 g/mol. The molecule has 0 spiro atoms. The van der Waals surface area contributed by atoms with E-state index in [1.165, 1.54) is 48.0 Å². The Balaban J connectivity index is 2.45. The summed E-state index contributed by atoms with van der Waals surface area (Å²) in [5.74, 6) is -0.878. The van der Waals surface area contributed by atoms with Gasteiger partial charge in [0, 0.05) is 12.8 Å². The lowest BCUT2D eigenvalue weighted by Crippen LogP contribution is -2.46. The van der Waals surface area contributed by atoms with Gasteiger partial charge in [-0.15, -0.1) is 0 Å². The molecule has 0 saturated heterocycles. The average Bonchev–Trinajstić information content (AvgIpc) is 3.10. The van der Waals surface area contributed by atoms with Gasteiger partial charge in [-0.2, -0.15) is 15.6 Å². The molecule has 8 nitrogen and oxygen atoms in total. The van der Waals surface area contributed by atoms with Crippen molar-refractivity contribution in [1.82, 2.24) is 9.79 Å². The summed E-state index contributed by atoms with van der Waals surface area (Å²) in [7, 11) is -7.59. The zero-order valence-corrected chi connectivity index (χ0v) is 16.4. The van der Waals surface area contributed by atoms with Crippen molar-refractivity contribution in [3.63, 3.8) is 0 Å². The van der Waals surface area contributed by atoms with E-state index in [1.54, 1.807) is 16.8 Å². The Hall–Kier alpha value is -1.79. The second kappa shape index (κ2) is 7.84. The summed E-state index contributed by atoms with van der Waals surface area (Å²) < 4.78 is 50.0. The van der Waals surface area contributed by atoms with Crippen molar-refractivity contribution >= 4 is 37.1 Å². The van der Waals surface area contributed by atoms with E-state index in [-0.39, 0.29) is 16.3 Å². The number of hydroxylamine groups is 1. The zero-order chi connectivity index (χ0) is 19.5. The molecule has 1 heterocycles. The van der Waals surface area contributed by atoms with Gasteiger partial charge in [0.2, 0.25) is 10.0 Å². The lowest BCUT2D eigenvalue weighted by atomic mass is 10.3. The van der Waals surface area contributed by atoms with Gasteiger partial charge in [0.05, 0.1) is 9.79 Å². The van der Waals surface area contributed by atoms with Crippen LogP contribution in [0.5, 0.6) is 0 Å². The number of sulfonamides is 1. The fraction of sp³-hybridized carbons (Fsp3) is 0.267. The highest BCUT2D eigenvalue weighted by Crippen LogP contribution is 2.23. The lowest BCUT2D eigenvalue weighted by molar-refractivity contribution is -0.132. The largest absolute Gasteiger partial charge is 0.289 e. The molecule has 142 valence electrons. The molecule has 1 aromatic heterocycles. The lowest BCUT2D eigenvalue weighted by Gasteiger charge is -2.26. The Bertz CT molecular complexity index is 967. The van der Waals surface area contributed by atoms with Gasteiger partial charge in [-0.25, -0.2) is 22.3 Å². The number of nitrogens with one attached hydrogen (secondary N) is 1. The van der Waals surface area contributed by atoms with Crippen molar-refractivity contribution in [3.05, 3.63) is 46.7 Å². The molecule has 0 aliphatic heterocycles. The van der Waals surface area contributed by atoms with Crippen LogP contribution < -0.4 is 5.48 Å². The molecule has 26 heavy (non-hydrogen) atoms. The van der Waals surface area contributed by atoms with Crippen LogP contribution in [0.15, 0.2) is 50.9 Å². The molecule has 0 aliphatic carbocycles. The first kappa shape index (κ1) is 20.5. The van der Waals surface area contributed by atoms with Gasteiger partial charge in [0.15, 0.2) is 9.84 Å². The number of sulfone groups is 1. The molecular formula is C15H18N2O6S3. The molecule has 0 bridgehead atoms. The molecule has 2 rings (SSSR count). The highest BCUT2D eigenvalue weighted by Gasteiger charge is 2.33. The summed E-state index contributed by atoms with van der Waals surface area (Å²) in [5.41, 5.74) is 2.14. The molecule has 11 heteroatoms. The van der Waals surface area contributed by atoms with Crippen LogP contribution in [-0.4, -0.2) is 44.6 Å². The molecule has 1 atom stereocenters. The van der Waals surface area contributed by atoms with E-state index in [1.807, 2.05) is 0 Å². The minimum atomic E-state index is -4.12. The summed E-state index contributed by atoms with van der Waals surface area (Å²) in [5, 5.41) is 12.4. The van der Waals surface area contributed by atoms with Gasteiger partial charge < -0.3 is 0 Å². The number of amides is 1. The van der Waals surface area contributed by atoms with Crippen LogP contribution in [0.2, 0.25) is 0 Å². The van der Waals surface area contributed by atoms with Crippen LogP contribution in [0.1, 0.15) is 12.5 Å². The summed E-state index contributed by atoms with van der Waals surface area (Å²) in [6, 6.07) is 5.29. The Morgan fingerprint density at radius 2 is 1.73 bits per heavy atom. The highest BCUT2D eigenvalue weighted by molar-refractivity contribution is 7.90. The maximum atomic E-state index is 13.0. The number of thiophene rings is 1. The van der Waals surface area contributed by atoms with Crippen molar-refractivity contribution < 1.29 is 26.8 Å². The first-order valence-corrected chi connectivity index (χ1v) is 11.6. The Labute approximate surface area is 156 Å². The smallest absolute Gasteiger partial charge is 0.261 e. The third kappa shape index (κ3) is 4.48. The van der Waals surface area contributed by atoms with Crippen LogP contribution in [0.25, 0.3) is 0 Å². The van der Waals surface area contributed by atoms with Gasteiger partial charge >= 0.3 is 0 Å². The molecule has 2 aromatic rings. The topological polar surface area (TPSA) is 121 Å². The zero-order valence-electron chi connectivity index (χ0n) is 14.0. The van der Waals surface area contributed by atoms with Gasteiger partial charge in [-0.05, 0) is 53.6 Å². The molecular weight excluding hydrogens is 400 g/mol. The molecule has 1 aromatic carbocycles. The normalized spacial score (nSPS) is 13.5. The molecule has 2 N–H and O–H groups in total. The molecule has 1 amide bonds. The molecule has 0 saturated carbocycles. The number of benzene rings is 1. The minimum absolute atomic E-state index is 0.0121. The number of rotatable bonds is 7. The van der Waals surface area contributed by atoms with E-state index in [4.69, 9.17) is 5.21 Å².